The van der Waals surface area contributed by atoms with Crippen molar-refractivity contribution in [2.45, 2.75) is 52.4 Å². The van der Waals surface area contributed by atoms with Gasteiger partial charge in [-0.2, -0.15) is 0 Å². The molecule has 3 nitrogen and oxygen atoms in total. The second kappa shape index (κ2) is 9.22. The molecule has 0 unspecified atom stereocenters. The zero-order chi connectivity index (χ0) is 26.0. The fourth-order valence-corrected chi connectivity index (χ4v) is 5.84. The molecule has 3 aromatic carbocycles. The summed E-state index contributed by atoms with van der Waals surface area (Å²) in [6.07, 6.45) is 1.88. The van der Waals surface area contributed by atoms with Gasteiger partial charge < -0.3 is 4.98 Å². The Bertz CT molecular complexity index is 1630. The average Bonchev–Trinajstić information content (AvgIpc) is 3.02. The van der Waals surface area contributed by atoms with Crippen LogP contribution < -0.4 is 0 Å². The molecule has 0 atom stereocenters. The Morgan fingerprint density at radius 3 is 2.08 bits per heavy atom. The van der Waals surface area contributed by atoms with Gasteiger partial charge in [-0.25, -0.2) is 9.97 Å². The van der Waals surface area contributed by atoms with E-state index in [1.54, 1.807) is 0 Å². The van der Waals surface area contributed by atoms with Crippen LogP contribution in [0.2, 0.25) is 0 Å². The van der Waals surface area contributed by atoms with Crippen molar-refractivity contribution in [3.63, 3.8) is 0 Å². The van der Waals surface area contributed by atoms with E-state index in [1.807, 2.05) is 42.6 Å². The maximum atomic E-state index is 4.98. The van der Waals surface area contributed by atoms with Crippen LogP contribution in [-0.2, 0) is 30.9 Å². The molecule has 2 heterocycles. The van der Waals surface area contributed by atoms with Crippen LogP contribution >= 0.6 is 0 Å². The summed E-state index contributed by atoms with van der Waals surface area (Å²) in [6.45, 7) is 14.2. The van der Waals surface area contributed by atoms with E-state index in [9.17, 15) is 0 Å². The topological polar surface area (TPSA) is 38.7 Å². The third-order valence-electron chi connectivity index (χ3n) is 9.37. The van der Waals surface area contributed by atoms with E-state index >= 15 is 0 Å². The van der Waals surface area contributed by atoms with Gasteiger partial charge in [0.05, 0.1) is 11.2 Å². The molecule has 193 valence electrons. The molecular weight excluding hydrogens is 643 g/mol. The van der Waals surface area contributed by atoms with Crippen molar-refractivity contribution in [1.29, 1.82) is 0 Å². The van der Waals surface area contributed by atoms with E-state index in [0.29, 0.717) is 5.82 Å². The second-order valence-electron chi connectivity index (χ2n) is 11.8. The zero-order valence-corrected chi connectivity index (χ0v) is 25.2. The van der Waals surface area contributed by atoms with Gasteiger partial charge in [0.15, 0.2) is 5.82 Å². The third kappa shape index (κ3) is 3.85. The second-order valence-corrected chi connectivity index (χ2v) is 11.8. The minimum absolute atomic E-state index is 0. The number of pyridine rings is 1. The van der Waals surface area contributed by atoms with E-state index in [2.05, 4.69) is 90.1 Å². The van der Waals surface area contributed by atoms with Crippen molar-refractivity contribution in [1.82, 2.24) is 15.0 Å². The minimum atomic E-state index is 0. The number of hydrogen-bond donors (Lipinski definition) is 0. The van der Waals surface area contributed by atoms with Gasteiger partial charge in [-0.05, 0) is 28.0 Å². The molecule has 1 aliphatic carbocycles. The van der Waals surface area contributed by atoms with E-state index < -0.39 is 0 Å². The molecule has 0 saturated heterocycles. The van der Waals surface area contributed by atoms with Crippen molar-refractivity contribution < 1.29 is 20.1 Å². The molecule has 0 fully saturated rings. The first-order chi connectivity index (χ1) is 17.6. The molecule has 4 heteroatoms. The van der Waals surface area contributed by atoms with Crippen molar-refractivity contribution in [2.75, 3.05) is 0 Å². The van der Waals surface area contributed by atoms with Crippen molar-refractivity contribution >= 4 is 10.9 Å². The molecule has 5 aromatic rings. The summed E-state index contributed by atoms with van der Waals surface area (Å²) in [5.74, 6) is 0.680. The quantitative estimate of drug-likeness (QED) is 0.181. The van der Waals surface area contributed by atoms with Gasteiger partial charge in [0.25, 0.3) is 0 Å². The van der Waals surface area contributed by atoms with Crippen LogP contribution in [0.1, 0.15) is 52.7 Å². The van der Waals surface area contributed by atoms with Gasteiger partial charge in [0, 0.05) is 42.8 Å². The molecule has 1 radical (unpaired) electrons. The Kier molecular flexibility index (Phi) is 6.41. The summed E-state index contributed by atoms with van der Waals surface area (Å²) in [6, 6.07) is 30.6. The Balaban J connectivity index is 0.00000294. The molecule has 1 aliphatic rings. The van der Waals surface area contributed by atoms with Gasteiger partial charge in [0.1, 0.15) is 0 Å². The number of benzene rings is 3. The average molecular weight is 675 g/mol. The van der Waals surface area contributed by atoms with Crippen molar-refractivity contribution in [3.8, 4) is 33.9 Å². The van der Waals surface area contributed by atoms with Crippen LogP contribution in [0.5, 0.6) is 0 Å². The van der Waals surface area contributed by atoms with E-state index in [1.165, 1.54) is 11.1 Å². The molecule has 0 amide bonds. The van der Waals surface area contributed by atoms with Gasteiger partial charge in [-0.1, -0.05) is 102 Å². The Labute approximate surface area is 239 Å². The summed E-state index contributed by atoms with van der Waals surface area (Å²) in [5, 5.41) is 1.04. The van der Waals surface area contributed by atoms with Crippen LogP contribution in [-0.4, -0.2) is 15.0 Å². The van der Waals surface area contributed by atoms with Gasteiger partial charge >= 0.3 is 0 Å². The number of rotatable bonds is 3. The number of fused-ring (bicyclic) bond motifs is 2. The van der Waals surface area contributed by atoms with Crippen LogP contribution in [0.15, 0.2) is 85.1 Å². The van der Waals surface area contributed by atoms with Gasteiger partial charge in [-0.3, -0.25) is 0 Å². The molecular formula is C34H32IrN3-. The van der Waals surface area contributed by atoms with E-state index in [-0.39, 0.29) is 36.4 Å². The molecule has 6 rings (SSSR count). The molecule has 0 aliphatic heterocycles. The van der Waals surface area contributed by atoms with Gasteiger partial charge in [0.2, 0.25) is 0 Å². The molecule has 0 N–H and O–H groups in total. The first-order valence-corrected chi connectivity index (χ1v) is 13.0. The van der Waals surface area contributed by atoms with Crippen molar-refractivity contribution in [2.24, 2.45) is 5.41 Å². The fraction of sp³-hybridized carbons (Fsp3) is 0.265. The summed E-state index contributed by atoms with van der Waals surface area (Å²) >= 11 is 0. The number of nitrogens with zero attached hydrogens (tertiary/aromatic N) is 3. The molecule has 38 heavy (non-hydrogen) atoms. The number of para-hydroxylation sites is 1. The summed E-state index contributed by atoms with van der Waals surface area (Å²) in [4.78, 5) is 14.7. The van der Waals surface area contributed by atoms with E-state index in [0.717, 1.165) is 39.0 Å². The largest absolute Gasteiger partial charge is 0.304 e. The smallest absolute Gasteiger partial charge is 0.161 e. The van der Waals surface area contributed by atoms with E-state index in [4.69, 9.17) is 15.0 Å². The predicted octanol–water partition coefficient (Wildman–Crippen LogP) is 8.42. The maximum Gasteiger partial charge on any atom is 0.161 e. The normalized spacial score (nSPS) is 16.6. The molecule has 2 aromatic heterocycles. The zero-order valence-electron chi connectivity index (χ0n) is 22.8. The SMILES string of the molecule is CC1(C)c2c[c-]c(-c3ccc(-c4nc(-c5ccccc5)c5ccccc5n4)cn3)cc2C(C)(C)C1(C)C.[Ir]. The third-order valence-corrected chi connectivity index (χ3v) is 9.37. The predicted molar refractivity (Wildman–Crippen MR) is 152 cm³/mol. The van der Waals surface area contributed by atoms with Crippen LogP contribution in [0.4, 0.5) is 0 Å². The van der Waals surface area contributed by atoms with Crippen LogP contribution in [0.25, 0.3) is 44.8 Å². The Hall–Kier alpha value is -3.20. The summed E-state index contributed by atoms with van der Waals surface area (Å²) in [5.41, 5.74) is 8.79. The number of aromatic nitrogens is 3. The molecule has 0 bridgehead atoms. The minimum Gasteiger partial charge on any atom is -0.304 e. The fourth-order valence-electron chi connectivity index (χ4n) is 5.84. The first-order valence-electron chi connectivity index (χ1n) is 13.0. The Morgan fingerprint density at radius 2 is 1.37 bits per heavy atom. The maximum absolute atomic E-state index is 4.98. The monoisotopic (exact) mass is 675 g/mol. The van der Waals surface area contributed by atoms with Crippen LogP contribution in [0, 0.1) is 11.5 Å². The van der Waals surface area contributed by atoms with Crippen molar-refractivity contribution in [3.05, 3.63) is 102 Å². The summed E-state index contributed by atoms with van der Waals surface area (Å²) < 4.78 is 0. The first kappa shape index (κ1) is 26.4. The molecule has 0 spiro atoms. The van der Waals surface area contributed by atoms with Crippen LogP contribution in [0.3, 0.4) is 0 Å². The summed E-state index contributed by atoms with van der Waals surface area (Å²) in [7, 11) is 0. The van der Waals surface area contributed by atoms with Gasteiger partial charge in [-0.15, -0.1) is 34.9 Å². The standard InChI is InChI=1S/C34H32N3.Ir/c1-32(2)26-18-16-23(20-27(26)33(3,4)34(32,5)6)28-19-17-24(21-35-28)31-36-29-15-11-10-14-25(29)30(37-31)22-12-8-7-9-13-22;/h7-15,17-21H,1-6H3;/q-1;. The number of hydrogen-bond acceptors (Lipinski definition) is 3. The Morgan fingerprint density at radius 1 is 0.684 bits per heavy atom. The molecule has 0 saturated carbocycles.